The first-order valence-electron chi connectivity index (χ1n) is 12.1. The van der Waals surface area contributed by atoms with Crippen molar-refractivity contribution in [3.63, 3.8) is 0 Å². The predicted octanol–water partition coefficient (Wildman–Crippen LogP) is 3.55. The Bertz CT molecular complexity index is 1310. The van der Waals surface area contributed by atoms with Gasteiger partial charge in [0.25, 0.3) is 0 Å². The smallest absolute Gasteiger partial charge is 0.376 e. The third kappa shape index (κ3) is 4.77. The molecule has 0 unspecified atom stereocenters. The van der Waals surface area contributed by atoms with E-state index in [2.05, 4.69) is 20.4 Å². The molecule has 1 atom stereocenters. The Morgan fingerprint density at radius 1 is 1.22 bits per heavy atom. The molecule has 1 aliphatic carbocycles. The van der Waals surface area contributed by atoms with Gasteiger partial charge in [-0.25, -0.2) is 9.97 Å². The Hall–Kier alpha value is -3.54. The lowest BCUT2D eigenvalue weighted by Gasteiger charge is -2.50. The summed E-state index contributed by atoms with van der Waals surface area (Å²) in [4.78, 5) is 27.6. The molecular formula is C25H28F3N7O2. The number of likely N-dealkylation sites (N-methyl/N-ethyl adjacent to an activating group) is 1. The van der Waals surface area contributed by atoms with Gasteiger partial charge in [0.05, 0.1) is 24.0 Å². The number of aromatic nitrogens is 5. The van der Waals surface area contributed by atoms with E-state index >= 15 is 0 Å². The molecular weight excluding hydrogens is 487 g/mol. The minimum atomic E-state index is -4.49. The summed E-state index contributed by atoms with van der Waals surface area (Å²) in [5.74, 6) is 1.19. The summed E-state index contributed by atoms with van der Waals surface area (Å²) >= 11 is 0. The van der Waals surface area contributed by atoms with Crippen LogP contribution in [0, 0.1) is 6.92 Å². The number of ether oxygens (including phenoxy) is 1. The van der Waals surface area contributed by atoms with E-state index in [0.29, 0.717) is 41.4 Å². The minimum Gasteiger partial charge on any atom is -0.376 e. The highest BCUT2D eigenvalue weighted by Crippen LogP contribution is 2.44. The number of halogens is 3. The van der Waals surface area contributed by atoms with E-state index in [-0.39, 0.29) is 12.5 Å². The fourth-order valence-electron chi connectivity index (χ4n) is 5.12. The average Bonchev–Trinajstić information content (AvgIpc) is 3.27. The van der Waals surface area contributed by atoms with Gasteiger partial charge in [0.1, 0.15) is 23.2 Å². The molecule has 37 heavy (non-hydrogen) atoms. The third-order valence-electron chi connectivity index (χ3n) is 7.22. The quantitative estimate of drug-likeness (QED) is 0.514. The lowest BCUT2D eigenvalue weighted by Crippen LogP contribution is -2.64. The third-order valence-corrected chi connectivity index (χ3v) is 7.22. The molecule has 4 heterocycles. The number of rotatable bonds is 7. The lowest BCUT2D eigenvalue weighted by molar-refractivity contribution is -0.141. The van der Waals surface area contributed by atoms with E-state index in [9.17, 15) is 18.0 Å². The first-order chi connectivity index (χ1) is 17.6. The molecule has 12 heteroatoms. The first-order valence-corrected chi connectivity index (χ1v) is 12.1. The molecule has 3 aromatic heterocycles. The fraction of sp³-hybridized carbons (Fsp3) is 0.480. The van der Waals surface area contributed by atoms with Gasteiger partial charge in [-0.2, -0.15) is 18.3 Å². The number of anilines is 2. The van der Waals surface area contributed by atoms with E-state index in [0.717, 1.165) is 37.1 Å². The van der Waals surface area contributed by atoms with Gasteiger partial charge >= 0.3 is 6.18 Å². The molecule has 3 aromatic rings. The normalized spacial score (nSPS) is 18.8. The van der Waals surface area contributed by atoms with Crippen molar-refractivity contribution in [2.75, 3.05) is 24.4 Å². The number of alkyl halides is 3. The summed E-state index contributed by atoms with van der Waals surface area (Å²) in [5.41, 5.74) is 1.24. The van der Waals surface area contributed by atoms with Crippen LogP contribution in [0.5, 0.6) is 0 Å². The van der Waals surface area contributed by atoms with Crippen molar-refractivity contribution >= 4 is 17.4 Å². The number of fused-ring (bicyclic) bond motifs is 1. The summed E-state index contributed by atoms with van der Waals surface area (Å²) in [6.07, 6.45) is 3.96. The zero-order chi connectivity index (χ0) is 26.4. The van der Waals surface area contributed by atoms with Crippen LogP contribution < -0.4 is 10.2 Å². The van der Waals surface area contributed by atoms with Gasteiger partial charge in [-0.05, 0) is 55.9 Å². The van der Waals surface area contributed by atoms with Gasteiger partial charge < -0.3 is 15.0 Å². The van der Waals surface area contributed by atoms with Crippen molar-refractivity contribution in [2.24, 2.45) is 0 Å². The van der Waals surface area contributed by atoms with Crippen molar-refractivity contribution in [2.45, 2.75) is 63.4 Å². The molecule has 1 amide bonds. The number of hydrogen-bond donors (Lipinski definition) is 1. The largest absolute Gasteiger partial charge is 0.433 e. The number of pyridine rings is 1. The summed E-state index contributed by atoms with van der Waals surface area (Å²) in [5, 5.41) is 7.27. The predicted molar refractivity (Wildman–Crippen MR) is 129 cm³/mol. The van der Waals surface area contributed by atoms with Crippen LogP contribution >= 0.6 is 0 Å². The molecule has 5 rings (SSSR count). The van der Waals surface area contributed by atoms with Crippen LogP contribution in [0.2, 0.25) is 0 Å². The Labute approximate surface area is 212 Å². The number of carbonyl (C=O) groups is 1. The SMILES string of the molecule is COC1([C@H]2C(=O)Nc3c(C)nc(CCc4cnn(Cc5ccnc(C(F)(F)F)c5)c4)nc3N2C)CCC1. The second-order valence-electron chi connectivity index (χ2n) is 9.64. The number of amides is 1. The Kier molecular flexibility index (Phi) is 6.38. The summed E-state index contributed by atoms with van der Waals surface area (Å²) in [7, 11) is 3.52. The van der Waals surface area contributed by atoms with Gasteiger partial charge in [-0.3, -0.25) is 14.5 Å². The Balaban J connectivity index is 1.29. The van der Waals surface area contributed by atoms with Crippen LogP contribution in [0.3, 0.4) is 0 Å². The standard InChI is InChI=1S/C25H28F3N7O2/c1-15-20-22(34(2)21(23(36)33-20)24(37-3)8-4-9-24)32-19(31-15)6-5-17-12-30-35(14-17)13-16-7-10-29-18(11-16)25(26,27)28/h7,10-12,14,21H,4-6,8-9,13H2,1-3H3,(H,33,36)/t21-/m1/s1. The average molecular weight is 516 g/mol. The highest BCUT2D eigenvalue weighted by atomic mass is 19.4. The first kappa shape index (κ1) is 25.1. The molecule has 0 aromatic carbocycles. The zero-order valence-electron chi connectivity index (χ0n) is 20.8. The molecule has 0 saturated heterocycles. The number of nitrogens with one attached hydrogen (secondary N) is 1. The van der Waals surface area contributed by atoms with Gasteiger partial charge in [0, 0.05) is 33.0 Å². The maximum absolute atomic E-state index is 13.0. The molecule has 1 N–H and O–H groups in total. The van der Waals surface area contributed by atoms with Gasteiger partial charge in [-0.1, -0.05) is 0 Å². The minimum absolute atomic E-state index is 0.111. The van der Waals surface area contributed by atoms with Crippen LogP contribution in [-0.2, 0) is 35.1 Å². The van der Waals surface area contributed by atoms with E-state index in [4.69, 9.17) is 9.72 Å². The number of nitrogens with zero attached hydrogens (tertiary/aromatic N) is 6. The molecule has 1 aliphatic heterocycles. The van der Waals surface area contributed by atoms with Gasteiger partial charge in [-0.15, -0.1) is 0 Å². The van der Waals surface area contributed by atoms with Crippen molar-refractivity contribution < 1.29 is 22.7 Å². The van der Waals surface area contributed by atoms with Crippen molar-refractivity contribution in [3.05, 3.63) is 59.1 Å². The van der Waals surface area contributed by atoms with Crippen molar-refractivity contribution in [1.82, 2.24) is 24.7 Å². The number of carbonyl (C=O) groups excluding carboxylic acids is 1. The van der Waals surface area contributed by atoms with Crippen LogP contribution in [0.15, 0.2) is 30.7 Å². The monoisotopic (exact) mass is 515 g/mol. The van der Waals surface area contributed by atoms with E-state index in [1.165, 1.54) is 0 Å². The summed E-state index contributed by atoms with van der Waals surface area (Å²) in [6, 6.07) is 2.11. The van der Waals surface area contributed by atoms with Crippen LogP contribution in [0.1, 0.15) is 47.6 Å². The molecule has 0 bridgehead atoms. The van der Waals surface area contributed by atoms with E-state index in [1.54, 1.807) is 30.3 Å². The van der Waals surface area contributed by atoms with Crippen molar-refractivity contribution in [1.29, 1.82) is 0 Å². The summed E-state index contributed by atoms with van der Waals surface area (Å²) in [6.45, 7) is 2.04. The molecule has 2 aliphatic rings. The topological polar surface area (TPSA) is 98.1 Å². The maximum Gasteiger partial charge on any atom is 0.433 e. The lowest BCUT2D eigenvalue weighted by atomic mass is 9.73. The van der Waals surface area contributed by atoms with Crippen LogP contribution in [0.25, 0.3) is 0 Å². The molecule has 1 saturated carbocycles. The Morgan fingerprint density at radius 2 is 2.00 bits per heavy atom. The second-order valence-corrected chi connectivity index (χ2v) is 9.64. The Morgan fingerprint density at radius 3 is 2.68 bits per heavy atom. The molecule has 1 fully saturated rings. The second kappa shape index (κ2) is 9.40. The highest BCUT2D eigenvalue weighted by Gasteiger charge is 2.52. The maximum atomic E-state index is 13.0. The zero-order valence-corrected chi connectivity index (χ0v) is 20.8. The number of methoxy groups -OCH3 is 1. The fourth-order valence-corrected chi connectivity index (χ4v) is 5.12. The molecule has 9 nitrogen and oxygen atoms in total. The van der Waals surface area contributed by atoms with Crippen LogP contribution in [-0.4, -0.2) is 56.4 Å². The summed E-state index contributed by atoms with van der Waals surface area (Å²) < 4.78 is 46.2. The number of aryl methyl sites for hydroxylation is 3. The number of hydrogen-bond acceptors (Lipinski definition) is 7. The van der Waals surface area contributed by atoms with Crippen molar-refractivity contribution in [3.8, 4) is 0 Å². The van der Waals surface area contributed by atoms with Gasteiger partial charge in [0.2, 0.25) is 5.91 Å². The highest BCUT2D eigenvalue weighted by molar-refractivity contribution is 6.04. The molecule has 0 spiro atoms. The molecule has 0 radical (unpaired) electrons. The molecule has 196 valence electrons. The van der Waals surface area contributed by atoms with Gasteiger partial charge in [0.15, 0.2) is 5.82 Å². The van der Waals surface area contributed by atoms with E-state index < -0.39 is 23.5 Å². The van der Waals surface area contributed by atoms with Crippen LogP contribution in [0.4, 0.5) is 24.7 Å². The van der Waals surface area contributed by atoms with E-state index in [1.807, 2.05) is 18.9 Å².